The molecule has 6 heteroatoms. The Labute approximate surface area is 144 Å². The van der Waals surface area contributed by atoms with Crippen molar-refractivity contribution in [3.63, 3.8) is 0 Å². The number of hydrogen-bond acceptors (Lipinski definition) is 3. The van der Waals surface area contributed by atoms with Crippen LogP contribution in [0, 0.1) is 6.92 Å². The second-order valence-electron chi connectivity index (χ2n) is 5.26. The second-order valence-corrected chi connectivity index (χ2v) is 5.67. The van der Waals surface area contributed by atoms with Crippen molar-refractivity contribution in [2.75, 3.05) is 7.11 Å². The Balaban J connectivity index is 2.25. The Morgan fingerprint density at radius 1 is 1.25 bits per heavy atom. The van der Waals surface area contributed by atoms with Gasteiger partial charge in [-0.1, -0.05) is 35.4 Å². The molecule has 0 bridgehead atoms. The highest BCUT2D eigenvalue weighted by molar-refractivity contribution is 6.31. The Bertz CT molecular complexity index is 732. The van der Waals surface area contributed by atoms with E-state index in [2.05, 4.69) is 4.74 Å². The van der Waals surface area contributed by atoms with Crippen molar-refractivity contribution in [2.45, 2.75) is 26.4 Å². The van der Waals surface area contributed by atoms with E-state index in [-0.39, 0.29) is 24.3 Å². The van der Waals surface area contributed by atoms with Gasteiger partial charge in [0.25, 0.3) is 6.43 Å². The molecule has 0 aliphatic rings. The average molecular weight is 355 g/mol. The maximum atomic E-state index is 13.1. The highest BCUT2D eigenvalue weighted by Crippen LogP contribution is 2.31. The minimum Gasteiger partial charge on any atom is -0.488 e. The van der Waals surface area contributed by atoms with E-state index in [4.69, 9.17) is 16.3 Å². The molecule has 0 N–H and O–H groups in total. The molecule has 0 spiro atoms. The fraction of sp³-hybridized carbons (Fsp3) is 0.278. The van der Waals surface area contributed by atoms with Gasteiger partial charge in [-0.3, -0.25) is 4.79 Å². The van der Waals surface area contributed by atoms with Crippen molar-refractivity contribution < 1.29 is 23.0 Å². The number of hydrogen-bond donors (Lipinski definition) is 0. The molecule has 2 aromatic rings. The zero-order valence-corrected chi connectivity index (χ0v) is 14.1. The van der Waals surface area contributed by atoms with Gasteiger partial charge in [-0.25, -0.2) is 8.78 Å². The van der Waals surface area contributed by atoms with Gasteiger partial charge in [0.2, 0.25) is 0 Å². The van der Waals surface area contributed by atoms with Gasteiger partial charge >= 0.3 is 5.97 Å². The summed E-state index contributed by atoms with van der Waals surface area (Å²) in [5.74, 6) is -0.318. The van der Waals surface area contributed by atoms with Crippen LogP contribution in [0.2, 0.25) is 5.02 Å². The molecule has 0 amide bonds. The van der Waals surface area contributed by atoms with E-state index in [1.54, 1.807) is 31.2 Å². The number of methoxy groups -OCH3 is 1. The van der Waals surface area contributed by atoms with Crippen molar-refractivity contribution in [3.05, 3.63) is 63.7 Å². The lowest BCUT2D eigenvalue weighted by molar-refractivity contribution is -0.139. The van der Waals surface area contributed by atoms with E-state index in [1.165, 1.54) is 19.2 Å². The second kappa shape index (κ2) is 8.11. The van der Waals surface area contributed by atoms with E-state index >= 15 is 0 Å². The number of alkyl halides is 2. The fourth-order valence-electron chi connectivity index (χ4n) is 2.28. The van der Waals surface area contributed by atoms with Crippen LogP contribution in [0.5, 0.6) is 5.75 Å². The first kappa shape index (κ1) is 18.2. The molecule has 0 fully saturated rings. The monoisotopic (exact) mass is 354 g/mol. The number of rotatable bonds is 6. The molecule has 0 atom stereocenters. The van der Waals surface area contributed by atoms with Gasteiger partial charge in [-0.15, -0.1) is 0 Å². The van der Waals surface area contributed by atoms with Crippen molar-refractivity contribution in [1.82, 2.24) is 0 Å². The maximum absolute atomic E-state index is 13.1. The lowest BCUT2D eigenvalue weighted by Gasteiger charge is -2.15. The quantitative estimate of drug-likeness (QED) is 0.693. The molecule has 128 valence electrons. The summed E-state index contributed by atoms with van der Waals surface area (Å²) in [7, 11) is 1.30. The third-order valence-electron chi connectivity index (χ3n) is 3.55. The van der Waals surface area contributed by atoms with Crippen molar-refractivity contribution in [1.29, 1.82) is 0 Å². The van der Waals surface area contributed by atoms with E-state index < -0.39 is 12.4 Å². The third kappa shape index (κ3) is 4.45. The first-order valence-electron chi connectivity index (χ1n) is 7.27. The number of aryl methyl sites for hydroxylation is 1. The number of ether oxygens (including phenoxy) is 2. The number of carbonyl (C=O) groups excluding carboxylic acids is 1. The van der Waals surface area contributed by atoms with Crippen LogP contribution in [-0.4, -0.2) is 13.1 Å². The molecular weight excluding hydrogens is 338 g/mol. The van der Waals surface area contributed by atoms with Gasteiger partial charge < -0.3 is 9.47 Å². The fourth-order valence-corrected chi connectivity index (χ4v) is 2.53. The van der Waals surface area contributed by atoms with Crippen molar-refractivity contribution in [2.24, 2.45) is 0 Å². The summed E-state index contributed by atoms with van der Waals surface area (Å²) >= 11 is 6.17. The number of halogens is 3. The molecule has 3 nitrogen and oxygen atoms in total. The smallest absolute Gasteiger partial charge is 0.309 e. The third-order valence-corrected chi connectivity index (χ3v) is 3.90. The number of benzene rings is 2. The van der Waals surface area contributed by atoms with Gasteiger partial charge in [0, 0.05) is 10.6 Å². The van der Waals surface area contributed by atoms with Gasteiger partial charge in [-0.2, -0.15) is 0 Å². The van der Waals surface area contributed by atoms with Gasteiger partial charge in [0.15, 0.2) is 0 Å². The van der Waals surface area contributed by atoms with Gasteiger partial charge in [-0.05, 0) is 30.7 Å². The first-order valence-corrected chi connectivity index (χ1v) is 7.64. The lowest BCUT2D eigenvalue weighted by Crippen LogP contribution is -2.09. The molecule has 0 aromatic heterocycles. The van der Waals surface area contributed by atoms with Crippen LogP contribution in [0.4, 0.5) is 8.78 Å². The van der Waals surface area contributed by atoms with E-state index in [9.17, 15) is 13.6 Å². The highest BCUT2D eigenvalue weighted by Gasteiger charge is 2.16. The topological polar surface area (TPSA) is 35.5 Å². The van der Waals surface area contributed by atoms with E-state index in [0.29, 0.717) is 16.1 Å². The molecule has 24 heavy (non-hydrogen) atoms. The molecule has 0 radical (unpaired) electrons. The van der Waals surface area contributed by atoms with Crippen molar-refractivity contribution >= 4 is 17.6 Å². The summed E-state index contributed by atoms with van der Waals surface area (Å²) in [6.45, 7) is 1.72. The van der Waals surface area contributed by atoms with Crippen LogP contribution < -0.4 is 4.74 Å². The standard InChI is InChI=1S/C18H17ClF2O3/c1-11-6-7-16(13(8-11)18(20)21)24-10-14-12(9-17(22)23-2)4-3-5-15(14)19/h3-8,18H,9-10H2,1-2H3. The zero-order valence-electron chi connectivity index (χ0n) is 13.3. The summed E-state index contributed by atoms with van der Waals surface area (Å²) in [5.41, 5.74) is 1.77. The van der Waals surface area contributed by atoms with Gasteiger partial charge in [0.05, 0.1) is 19.1 Å². The van der Waals surface area contributed by atoms with Crippen LogP contribution in [0.1, 0.15) is 28.7 Å². The van der Waals surface area contributed by atoms with Crippen LogP contribution in [0.3, 0.4) is 0 Å². The number of esters is 1. The van der Waals surface area contributed by atoms with E-state index in [0.717, 1.165) is 5.56 Å². The first-order chi connectivity index (χ1) is 11.4. The Morgan fingerprint density at radius 2 is 2.00 bits per heavy atom. The Hall–Kier alpha value is -2.14. The van der Waals surface area contributed by atoms with E-state index in [1.807, 2.05) is 0 Å². The maximum Gasteiger partial charge on any atom is 0.309 e. The summed E-state index contributed by atoms with van der Waals surface area (Å²) in [4.78, 5) is 11.5. The molecule has 0 unspecified atom stereocenters. The molecule has 0 saturated carbocycles. The largest absolute Gasteiger partial charge is 0.488 e. The van der Waals surface area contributed by atoms with Crippen molar-refractivity contribution in [3.8, 4) is 5.75 Å². The molecule has 0 saturated heterocycles. The average Bonchev–Trinajstić information content (AvgIpc) is 2.55. The predicted octanol–water partition coefficient (Wildman–Crippen LogP) is 4.88. The summed E-state index contributed by atoms with van der Waals surface area (Å²) < 4.78 is 36.5. The lowest BCUT2D eigenvalue weighted by atomic mass is 10.0. The zero-order chi connectivity index (χ0) is 17.7. The minimum atomic E-state index is -2.64. The summed E-state index contributed by atoms with van der Waals surface area (Å²) in [5, 5.41) is 0.405. The Kier molecular flexibility index (Phi) is 6.15. The van der Waals surface area contributed by atoms with Crippen LogP contribution in [0.15, 0.2) is 36.4 Å². The summed E-state index contributed by atoms with van der Waals surface area (Å²) in [6.07, 6.45) is -2.61. The van der Waals surface area contributed by atoms with Crippen LogP contribution in [0.25, 0.3) is 0 Å². The molecule has 0 heterocycles. The van der Waals surface area contributed by atoms with Gasteiger partial charge in [0.1, 0.15) is 12.4 Å². The molecule has 2 rings (SSSR count). The Morgan fingerprint density at radius 3 is 2.67 bits per heavy atom. The van der Waals surface area contributed by atoms with Crippen LogP contribution in [-0.2, 0) is 22.6 Å². The van der Waals surface area contributed by atoms with Crippen LogP contribution >= 0.6 is 11.6 Å². The molecule has 0 aliphatic heterocycles. The SMILES string of the molecule is COC(=O)Cc1cccc(Cl)c1COc1ccc(C)cc1C(F)F. The number of carbonyl (C=O) groups is 1. The molecular formula is C18H17ClF2O3. The normalized spacial score (nSPS) is 10.8. The molecule has 0 aliphatic carbocycles. The summed E-state index contributed by atoms with van der Waals surface area (Å²) in [6, 6.07) is 9.69. The predicted molar refractivity (Wildman–Crippen MR) is 87.6 cm³/mol. The highest BCUT2D eigenvalue weighted by atomic mass is 35.5. The minimum absolute atomic E-state index is 0.0191. The molecule has 2 aromatic carbocycles.